The summed E-state index contributed by atoms with van der Waals surface area (Å²) < 4.78 is 6.23. The molecule has 0 heterocycles. The van der Waals surface area contributed by atoms with E-state index < -0.39 is 0 Å². The van der Waals surface area contributed by atoms with Crippen LogP contribution in [-0.4, -0.2) is 12.5 Å². The molecule has 0 saturated carbocycles. The van der Waals surface area contributed by atoms with Crippen LogP contribution in [0.1, 0.15) is 12.5 Å². The maximum Gasteiger partial charge on any atom is 0.248 e. The lowest BCUT2D eigenvalue weighted by Crippen LogP contribution is -2.08. The van der Waals surface area contributed by atoms with Crippen LogP contribution < -0.4 is 10.1 Å². The maximum absolute atomic E-state index is 11.9. The Kier molecular flexibility index (Phi) is 6.04. The summed E-state index contributed by atoms with van der Waals surface area (Å²) in [5.74, 6) is 0.573. The summed E-state index contributed by atoms with van der Waals surface area (Å²) in [7, 11) is 0. The number of hydrogen-bond donors (Lipinski definition) is 1. The van der Waals surface area contributed by atoms with Gasteiger partial charge in [-0.05, 0) is 48.9 Å². The van der Waals surface area contributed by atoms with Crippen LogP contribution in [0.5, 0.6) is 5.75 Å². The van der Waals surface area contributed by atoms with Crippen LogP contribution in [0.4, 0.5) is 5.69 Å². The molecule has 0 aliphatic rings. The van der Waals surface area contributed by atoms with E-state index in [4.69, 9.17) is 16.3 Å². The lowest BCUT2D eigenvalue weighted by atomic mass is 10.2. The number of halogens is 2. The molecule has 0 fully saturated rings. The van der Waals surface area contributed by atoms with E-state index in [1.54, 1.807) is 18.2 Å². The van der Waals surface area contributed by atoms with Crippen molar-refractivity contribution in [1.82, 2.24) is 0 Å². The number of rotatable bonds is 5. The Morgan fingerprint density at radius 2 is 2.00 bits per heavy atom. The molecule has 1 amide bonds. The van der Waals surface area contributed by atoms with Gasteiger partial charge in [-0.25, -0.2) is 0 Å². The molecule has 0 spiro atoms. The molecule has 114 valence electrons. The van der Waals surface area contributed by atoms with E-state index in [1.165, 1.54) is 6.08 Å². The molecule has 5 heteroatoms. The van der Waals surface area contributed by atoms with Crippen molar-refractivity contribution in [3.8, 4) is 5.75 Å². The van der Waals surface area contributed by atoms with Gasteiger partial charge >= 0.3 is 0 Å². The highest BCUT2D eigenvalue weighted by Crippen LogP contribution is 2.25. The maximum atomic E-state index is 11.9. The van der Waals surface area contributed by atoms with E-state index in [1.807, 2.05) is 37.3 Å². The lowest BCUT2D eigenvalue weighted by Gasteiger charge is -2.05. The van der Waals surface area contributed by atoms with E-state index in [0.717, 1.165) is 15.8 Å². The second-order valence-electron chi connectivity index (χ2n) is 4.45. The van der Waals surface area contributed by atoms with Gasteiger partial charge in [-0.2, -0.15) is 0 Å². The Morgan fingerprint density at radius 1 is 1.27 bits per heavy atom. The Labute approximate surface area is 143 Å². The number of carbonyl (C=O) groups is 1. The number of hydrogen-bond acceptors (Lipinski definition) is 2. The predicted molar refractivity (Wildman–Crippen MR) is 94.4 cm³/mol. The van der Waals surface area contributed by atoms with Crippen LogP contribution >= 0.6 is 27.5 Å². The summed E-state index contributed by atoms with van der Waals surface area (Å²) in [6, 6.07) is 12.8. The van der Waals surface area contributed by atoms with Crippen LogP contribution in [0.3, 0.4) is 0 Å². The molecule has 2 aromatic rings. The number of amides is 1. The van der Waals surface area contributed by atoms with E-state index in [2.05, 4.69) is 21.2 Å². The first-order valence-electron chi connectivity index (χ1n) is 6.75. The molecule has 0 radical (unpaired) electrons. The molecular formula is C17H15BrClNO2. The second-order valence-corrected chi connectivity index (χ2v) is 5.77. The third-order valence-corrected chi connectivity index (χ3v) is 3.61. The molecule has 0 unspecified atom stereocenters. The summed E-state index contributed by atoms with van der Waals surface area (Å²) in [4.78, 5) is 11.9. The summed E-state index contributed by atoms with van der Waals surface area (Å²) >= 11 is 9.37. The average Bonchev–Trinajstić information content (AvgIpc) is 2.50. The van der Waals surface area contributed by atoms with Gasteiger partial charge in [0.15, 0.2) is 0 Å². The topological polar surface area (TPSA) is 38.3 Å². The van der Waals surface area contributed by atoms with E-state index in [9.17, 15) is 4.79 Å². The summed E-state index contributed by atoms with van der Waals surface area (Å²) in [5.41, 5.74) is 1.49. The standard InChI is InChI=1S/C17H15BrClNO2/c1-2-22-14-7-3-12(4-8-14)5-10-17(21)20-16-9-6-13(18)11-15(16)19/h3-11H,2H2,1H3,(H,20,21)/b10-5+. The molecule has 0 atom stereocenters. The Bertz CT molecular complexity index is 684. The van der Waals surface area contributed by atoms with Gasteiger partial charge in [0.1, 0.15) is 5.75 Å². The molecule has 0 aliphatic heterocycles. The normalized spacial score (nSPS) is 10.7. The molecule has 0 bridgehead atoms. The highest BCUT2D eigenvalue weighted by atomic mass is 79.9. The summed E-state index contributed by atoms with van der Waals surface area (Å²) in [6.45, 7) is 2.57. The van der Waals surface area contributed by atoms with Crippen molar-refractivity contribution < 1.29 is 9.53 Å². The van der Waals surface area contributed by atoms with Crippen molar-refractivity contribution in [2.45, 2.75) is 6.92 Å². The molecule has 2 rings (SSSR count). The molecule has 2 aromatic carbocycles. The van der Waals surface area contributed by atoms with Gasteiger partial charge in [-0.3, -0.25) is 4.79 Å². The zero-order valence-corrected chi connectivity index (χ0v) is 14.3. The lowest BCUT2D eigenvalue weighted by molar-refractivity contribution is -0.111. The first kappa shape index (κ1) is 16.6. The van der Waals surface area contributed by atoms with Crippen molar-refractivity contribution in [2.75, 3.05) is 11.9 Å². The molecule has 3 nitrogen and oxygen atoms in total. The molecule has 0 aliphatic carbocycles. The Hall–Kier alpha value is -1.78. The number of nitrogens with one attached hydrogen (secondary N) is 1. The highest BCUT2D eigenvalue weighted by Gasteiger charge is 2.03. The fraction of sp³-hybridized carbons (Fsp3) is 0.118. The van der Waals surface area contributed by atoms with Crippen molar-refractivity contribution in [3.63, 3.8) is 0 Å². The minimum Gasteiger partial charge on any atom is -0.494 e. The smallest absolute Gasteiger partial charge is 0.248 e. The summed E-state index contributed by atoms with van der Waals surface area (Å²) in [6.07, 6.45) is 3.20. The van der Waals surface area contributed by atoms with E-state index in [-0.39, 0.29) is 5.91 Å². The fourth-order valence-corrected chi connectivity index (χ4v) is 2.50. The van der Waals surface area contributed by atoms with Crippen LogP contribution in [-0.2, 0) is 4.79 Å². The van der Waals surface area contributed by atoms with E-state index in [0.29, 0.717) is 17.3 Å². The monoisotopic (exact) mass is 379 g/mol. The number of ether oxygens (including phenoxy) is 1. The van der Waals surface area contributed by atoms with Gasteiger partial charge in [0.25, 0.3) is 0 Å². The zero-order chi connectivity index (χ0) is 15.9. The summed E-state index contributed by atoms with van der Waals surface area (Å²) in [5, 5.41) is 3.22. The molecular weight excluding hydrogens is 366 g/mol. The van der Waals surface area contributed by atoms with Crippen molar-refractivity contribution >= 4 is 45.2 Å². The zero-order valence-electron chi connectivity index (χ0n) is 12.0. The number of benzene rings is 2. The fourth-order valence-electron chi connectivity index (χ4n) is 1.78. The van der Waals surface area contributed by atoms with Crippen molar-refractivity contribution in [3.05, 3.63) is 63.6 Å². The first-order valence-corrected chi connectivity index (χ1v) is 7.92. The van der Waals surface area contributed by atoms with Crippen molar-refractivity contribution in [2.24, 2.45) is 0 Å². The van der Waals surface area contributed by atoms with Gasteiger partial charge in [-0.15, -0.1) is 0 Å². The van der Waals surface area contributed by atoms with Gasteiger partial charge in [-0.1, -0.05) is 39.7 Å². The Balaban J connectivity index is 1.98. The highest BCUT2D eigenvalue weighted by molar-refractivity contribution is 9.10. The largest absolute Gasteiger partial charge is 0.494 e. The van der Waals surface area contributed by atoms with Gasteiger partial charge < -0.3 is 10.1 Å². The molecule has 1 N–H and O–H groups in total. The van der Waals surface area contributed by atoms with Crippen LogP contribution in [0.15, 0.2) is 53.0 Å². The van der Waals surface area contributed by atoms with Gasteiger partial charge in [0.05, 0.1) is 17.3 Å². The number of carbonyl (C=O) groups excluding carboxylic acids is 1. The van der Waals surface area contributed by atoms with E-state index >= 15 is 0 Å². The minimum atomic E-state index is -0.238. The first-order chi connectivity index (χ1) is 10.6. The third kappa shape index (κ3) is 4.90. The quantitative estimate of drug-likeness (QED) is 0.728. The van der Waals surface area contributed by atoms with Crippen LogP contribution in [0.25, 0.3) is 6.08 Å². The molecule has 0 saturated heterocycles. The van der Waals surface area contributed by atoms with Crippen molar-refractivity contribution in [1.29, 1.82) is 0 Å². The Morgan fingerprint density at radius 3 is 2.64 bits per heavy atom. The molecule has 22 heavy (non-hydrogen) atoms. The van der Waals surface area contributed by atoms with Gasteiger partial charge in [0, 0.05) is 10.5 Å². The second kappa shape index (κ2) is 8.01. The molecule has 0 aromatic heterocycles. The number of anilines is 1. The predicted octanol–water partition coefficient (Wildman–Crippen LogP) is 5.15. The van der Waals surface area contributed by atoms with Gasteiger partial charge in [0.2, 0.25) is 5.91 Å². The van der Waals surface area contributed by atoms with Crippen LogP contribution in [0.2, 0.25) is 5.02 Å². The SMILES string of the molecule is CCOc1ccc(/C=C/C(=O)Nc2ccc(Br)cc2Cl)cc1. The van der Waals surface area contributed by atoms with Crippen LogP contribution in [0, 0.1) is 0 Å². The minimum absolute atomic E-state index is 0.238. The third-order valence-electron chi connectivity index (χ3n) is 2.81. The average molecular weight is 381 g/mol.